The molecule has 1 aliphatic rings. The third-order valence-electron chi connectivity index (χ3n) is 3.29. The number of anilines is 1. The molecule has 0 radical (unpaired) electrons. The molecule has 19 heavy (non-hydrogen) atoms. The largest absolute Gasteiger partial charge is 0.480 e. The molecule has 2 aromatic rings. The Hall–Kier alpha value is -1.81. The zero-order chi connectivity index (χ0) is 13.4. The summed E-state index contributed by atoms with van der Waals surface area (Å²) >= 11 is 3.49. The number of hydrogen-bond acceptors (Lipinski definition) is 2. The van der Waals surface area contributed by atoms with E-state index in [4.69, 9.17) is 5.11 Å². The summed E-state index contributed by atoms with van der Waals surface area (Å²) in [5.74, 6) is -0.854. The fourth-order valence-electron chi connectivity index (χ4n) is 2.47. The Kier molecular flexibility index (Phi) is 3.03. The van der Waals surface area contributed by atoms with Crippen LogP contribution >= 0.6 is 15.9 Å². The van der Waals surface area contributed by atoms with Gasteiger partial charge in [0.2, 0.25) is 0 Å². The molecule has 0 aromatic heterocycles. The van der Waals surface area contributed by atoms with Gasteiger partial charge in [-0.05, 0) is 52.9 Å². The van der Waals surface area contributed by atoms with Crippen molar-refractivity contribution >= 4 is 27.6 Å². The van der Waals surface area contributed by atoms with Gasteiger partial charge in [-0.25, -0.2) is 0 Å². The van der Waals surface area contributed by atoms with E-state index in [-0.39, 0.29) is 6.54 Å². The molecule has 2 aromatic carbocycles. The molecule has 3 nitrogen and oxygen atoms in total. The highest BCUT2D eigenvalue weighted by molar-refractivity contribution is 9.10. The number of carboxylic acids is 1. The van der Waals surface area contributed by atoms with Crippen LogP contribution < -0.4 is 5.32 Å². The van der Waals surface area contributed by atoms with Gasteiger partial charge in [-0.1, -0.05) is 28.1 Å². The van der Waals surface area contributed by atoms with Gasteiger partial charge in [-0.2, -0.15) is 0 Å². The Bertz CT molecular complexity index is 667. The number of fused-ring (bicyclic) bond motifs is 3. The van der Waals surface area contributed by atoms with Crippen molar-refractivity contribution in [3.8, 4) is 11.1 Å². The lowest BCUT2D eigenvalue weighted by molar-refractivity contribution is -0.134. The van der Waals surface area contributed by atoms with Gasteiger partial charge >= 0.3 is 5.97 Å². The standard InChI is InChI=1S/C15H12BrNO2/c16-11-1-3-13-9(6-11)5-10-7-12(2-4-14(10)13)17-8-15(18)19/h1-4,6-7,17H,5,8H2,(H,18,19). The molecule has 4 heteroatoms. The van der Waals surface area contributed by atoms with Gasteiger partial charge in [0.15, 0.2) is 0 Å². The lowest BCUT2D eigenvalue weighted by Gasteiger charge is -2.06. The zero-order valence-corrected chi connectivity index (χ0v) is 11.7. The van der Waals surface area contributed by atoms with Crippen molar-refractivity contribution < 1.29 is 9.90 Å². The molecule has 3 rings (SSSR count). The Labute approximate surface area is 119 Å². The second kappa shape index (κ2) is 4.70. The highest BCUT2D eigenvalue weighted by Crippen LogP contribution is 2.38. The molecular formula is C15H12BrNO2. The number of halogens is 1. The first kappa shape index (κ1) is 12.2. The number of rotatable bonds is 3. The molecule has 1 aliphatic carbocycles. The van der Waals surface area contributed by atoms with E-state index in [1.807, 2.05) is 18.2 Å². The minimum absolute atomic E-state index is 0.0583. The number of hydrogen-bond donors (Lipinski definition) is 2. The van der Waals surface area contributed by atoms with Gasteiger partial charge in [0.1, 0.15) is 6.54 Å². The van der Waals surface area contributed by atoms with Crippen LogP contribution in [-0.2, 0) is 11.2 Å². The van der Waals surface area contributed by atoms with E-state index in [1.165, 1.54) is 22.3 Å². The molecule has 0 saturated heterocycles. The van der Waals surface area contributed by atoms with Crippen LogP contribution in [0.15, 0.2) is 40.9 Å². The van der Waals surface area contributed by atoms with E-state index in [0.29, 0.717) is 0 Å². The maximum absolute atomic E-state index is 10.6. The van der Waals surface area contributed by atoms with Crippen molar-refractivity contribution in [2.24, 2.45) is 0 Å². The number of carbonyl (C=O) groups is 1. The first-order valence-corrected chi connectivity index (χ1v) is 6.80. The summed E-state index contributed by atoms with van der Waals surface area (Å²) in [5, 5.41) is 11.6. The van der Waals surface area contributed by atoms with Gasteiger partial charge < -0.3 is 10.4 Å². The number of benzene rings is 2. The van der Waals surface area contributed by atoms with Gasteiger partial charge in [0, 0.05) is 10.2 Å². The summed E-state index contributed by atoms with van der Waals surface area (Å²) in [5.41, 5.74) is 5.91. The molecule has 0 saturated carbocycles. The Morgan fingerprint density at radius 2 is 1.84 bits per heavy atom. The zero-order valence-electron chi connectivity index (χ0n) is 10.1. The Morgan fingerprint density at radius 1 is 1.16 bits per heavy atom. The van der Waals surface area contributed by atoms with Crippen molar-refractivity contribution in [2.75, 3.05) is 11.9 Å². The average Bonchev–Trinajstić information content (AvgIpc) is 2.72. The molecule has 96 valence electrons. The predicted octanol–water partition coefficient (Wildman–Crippen LogP) is 3.52. The SMILES string of the molecule is O=C(O)CNc1ccc2c(c1)Cc1cc(Br)ccc1-2. The fourth-order valence-corrected chi connectivity index (χ4v) is 2.88. The van der Waals surface area contributed by atoms with Crippen molar-refractivity contribution in [2.45, 2.75) is 6.42 Å². The molecule has 0 atom stereocenters. The minimum atomic E-state index is -0.854. The summed E-state index contributed by atoms with van der Waals surface area (Å²) in [6.45, 7) is -0.0583. The van der Waals surface area contributed by atoms with Crippen molar-refractivity contribution in [3.63, 3.8) is 0 Å². The van der Waals surface area contributed by atoms with E-state index in [0.717, 1.165) is 16.6 Å². The van der Waals surface area contributed by atoms with Crippen LogP contribution in [0.3, 0.4) is 0 Å². The summed E-state index contributed by atoms with van der Waals surface area (Å²) in [6.07, 6.45) is 0.896. The van der Waals surface area contributed by atoms with Crippen molar-refractivity contribution in [3.05, 3.63) is 52.0 Å². The molecule has 0 unspecified atom stereocenters. The molecule has 0 spiro atoms. The van der Waals surface area contributed by atoms with Crippen LogP contribution in [0.5, 0.6) is 0 Å². The molecule has 0 heterocycles. The van der Waals surface area contributed by atoms with Crippen molar-refractivity contribution in [1.82, 2.24) is 0 Å². The fraction of sp³-hybridized carbons (Fsp3) is 0.133. The highest BCUT2D eigenvalue weighted by atomic mass is 79.9. The average molecular weight is 318 g/mol. The quantitative estimate of drug-likeness (QED) is 0.777. The van der Waals surface area contributed by atoms with E-state index in [2.05, 4.69) is 39.4 Å². The van der Waals surface area contributed by atoms with Crippen LogP contribution in [0.2, 0.25) is 0 Å². The van der Waals surface area contributed by atoms with Gasteiger partial charge in [-0.3, -0.25) is 4.79 Å². The Balaban J connectivity index is 1.92. The number of carboxylic acid groups (broad SMARTS) is 1. The molecule has 0 amide bonds. The second-order valence-electron chi connectivity index (χ2n) is 4.60. The maximum atomic E-state index is 10.6. The second-order valence-corrected chi connectivity index (χ2v) is 5.51. The van der Waals surface area contributed by atoms with Crippen LogP contribution in [0, 0.1) is 0 Å². The lowest BCUT2D eigenvalue weighted by atomic mass is 10.1. The summed E-state index contributed by atoms with van der Waals surface area (Å²) in [4.78, 5) is 10.6. The first-order valence-electron chi connectivity index (χ1n) is 6.01. The number of nitrogens with one attached hydrogen (secondary N) is 1. The first-order chi connectivity index (χ1) is 9.13. The highest BCUT2D eigenvalue weighted by Gasteiger charge is 2.18. The van der Waals surface area contributed by atoms with Crippen LogP contribution in [-0.4, -0.2) is 17.6 Å². The van der Waals surface area contributed by atoms with E-state index in [9.17, 15) is 4.79 Å². The third-order valence-corrected chi connectivity index (χ3v) is 3.78. The minimum Gasteiger partial charge on any atom is -0.480 e. The molecule has 0 fully saturated rings. The van der Waals surface area contributed by atoms with Gasteiger partial charge in [0.05, 0.1) is 0 Å². The molecular weight excluding hydrogens is 306 g/mol. The number of aliphatic carboxylic acids is 1. The van der Waals surface area contributed by atoms with Crippen LogP contribution in [0.25, 0.3) is 11.1 Å². The summed E-state index contributed by atoms with van der Waals surface area (Å²) in [7, 11) is 0. The molecule has 0 aliphatic heterocycles. The summed E-state index contributed by atoms with van der Waals surface area (Å²) in [6, 6.07) is 12.3. The maximum Gasteiger partial charge on any atom is 0.322 e. The van der Waals surface area contributed by atoms with E-state index in [1.54, 1.807) is 0 Å². The van der Waals surface area contributed by atoms with Gasteiger partial charge in [0.25, 0.3) is 0 Å². The van der Waals surface area contributed by atoms with Gasteiger partial charge in [-0.15, -0.1) is 0 Å². The lowest BCUT2D eigenvalue weighted by Crippen LogP contribution is -2.12. The topological polar surface area (TPSA) is 49.3 Å². The van der Waals surface area contributed by atoms with Crippen molar-refractivity contribution in [1.29, 1.82) is 0 Å². The van der Waals surface area contributed by atoms with E-state index < -0.39 is 5.97 Å². The third kappa shape index (κ3) is 2.36. The monoisotopic (exact) mass is 317 g/mol. The normalized spacial score (nSPS) is 11.8. The predicted molar refractivity (Wildman–Crippen MR) is 78.5 cm³/mol. The van der Waals surface area contributed by atoms with E-state index >= 15 is 0 Å². The smallest absolute Gasteiger partial charge is 0.322 e. The van der Waals surface area contributed by atoms with Crippen LogP contribution in [0.1, 0.15) is 11.1 Å². The molecule has 2 N–H and O–H groups in total. The molecule has 0 bridgehead atoms. The summed E-state index contributed by atoms with van der Waals surface area (Å²) < 4.78 is 1.09. The van der Waals surface area contributed by atoms with Crippen LogP contribution in [0.4, 0.5) is 5.69 Å². The Morgan fingerprint density at radius 3 is 2.58 bits per heavy atom.